The van der Waals surface area contributed by atoms with Crippen LogP contribution in [0.5, 0.6) is 0 Å². The van der Waals surface area contributed by atoms with Crippen molar-refractivity contribution < 1.29 is 14.0 Å². The minimum absolute atomic E-state index is 0.00933. The number of carbonyl (C=O) groups is 2. The quantitative estimate of drug-likeness (QED) is 0.819. The lowest BCUT2D eigenvalue weighted by atomic mass is 9.92. The number of hydrogen-bond donors (Lipinski definition) is 0. The summed E-state index contributed by atoms with van der Waals surface area (Å²) in [6.07, 6.45) is 0.779. The monoisotopic (exact) mass is 367 g/mol. The van der Waals surface area contributed by atoms with Crippen LogP contribution in [0.1, 0.15) is 16.8 Å². The number of benzene rings is 2. The van der Waals surface area contributed by atoms with Crippen LogP contribution < -0.4 is 4.90 Å². The standard InChI is InChI=1S/C21H22FN3O2/c1-23-13-19(26)25(18-9-5-8-17(22)12-18)15-21(23)10-11-24(14-21)20(27)16-6-3-2-4-7-16/h2-9,12H,10-11,13-15H2,1H3/t21-/m0/s1. The van der Waals surface area contributed by atoms with Crippen LogP contribution in [0.4, 0.5) is 10.1 Å². The van der Waals surface area contributed by atoms with Crippen LogP contribution in [0.15, 0.2) is 54.6 Å². The van der Waals surface area contributed by atoms with Gasteiger partial charge in [-0.05, 0) is 43.8 Å². The van der Waals surface area contributed by atoms with E-state index in [0.717, 1.165) is 6.42 Å². The molecule has 1 atom stereocenters. The second-order valence-corrected chi connectivity index (χ2v) is 7.38. The first-order chi connectivity index (χ1) is 13.0. The Morgan fingerprint density at radius 1 is 1.07 bits per heavy atom. The average molecular weight is 367 g/mol. The Kier molecular flexibility index (Phi) is 4.44. The van der Waals surface area contributed by atoms with Crippen LogP contribution in [-0.4, -0.2) is 60.4 Å². The normalized spacial score (nSPS) is 23.3. The highest BCUT2D eigenvalue weighted by molar-refractivity contribution is 5.96. The lowest BCUT2D eigenvalue weighted by molar-refractivity contribution is -0.123. The van der Waals surface area contributed by atoms with Crippen LogP contribution in [0.3, 0.4) is 0 Å². The number of nitrogens with zero attached hydrogens (tertiary/aromatic N) is 3. The molecule has 2 aromatic carbocycles. The number of anilines is 1. The fraction of sp³-hybridized carbons (Fsp3) is 0.333. The molecule has 2 aliphatic rings. The van der Waals surface area contributed by atoms with E-state index in [1.807, 2.05) is 47.2 Å². The van der Waals surface area contributed by atoms with E-state index in [9.17, 15) is 14.0 Å². The number of carbonyl (C=O) groups excluding carboxylic acids is 2. The van der Waals surface area contributed by atoms with Gasteiger partial charge < -0.3 is 9.80 Å². The smallest absolute Gasteiger partial charge is 0.253 e. The molecule has 2 amide bonds. The number of halogens is 1. The molecule has 0 aliphatic carbocycles. The molecule has 1 spiro atoms. The fourth-order valence-corrected chi connectivity index (χ4v) is 4.07. The van der Waals surface area contributed by atoms with Crippen molar-refractivity contribution in [3.8, 4) is 0 Å². The van der Waals surface area contributed by atoms with Crippen molar-refractivity contribution >= 4 is 17.5 Å². The van der Waals surface area contributed by atoms with E-state index >= 15 is 0 Å². The van der Waals surface area contributed by atoms with Gasteiger partial charge in [-0.1, -0.05) is 24.3 Å². The van der Waals surface area contributed by atoms with Crippen LogP contribution in [0, 0.1) is 5.82 Å². The van der Waals surface area contributed by atoms with Gasteiger partial charge in [0.05, 0.1) is 12.1 Å². The molecule has 4 rings (SSSR count). The van der Waals surface area contributed by atoms with Crippen LogP contribution in [0.2, 0.25) is 0 Å². The highest BCUT2D eigenvalue weighted by atomic mass is 19.1. The van der Waals surface area contributed by atoms with E-state index in [2.05, 4.69) is 0 Å². The summed E-state index contributed by atoms with van der Waals surface area (Å²) in [5, 5.41) is 0. The molecule has 2 aromatic rings. The molecule has 140 valence electrons. The summed E-state index contributed by atoms with van der Waals surface area (Å²) in [5.41, 5.74) is 0.927. The molecule has 0 bridgehead atoms. The van der Waals surface area contributed by atoms with Gasteiger partial charge in [0.2, 0.25) is 5.91 Å². The maximum absolute atomic E-state index is 13.6. The van der Waals surface area contributed by atoms with Crippen molar-refractivity contribution in [2.24, 2.45) is 0 Å². The van der Waals surface area contributed by atoms with Gasteiger partial charge in [-0.15, -0.1) is 0 Å². The first-order valence-corrected chi connectivity index (χ1v) is 9.10. The number of likely N-dealkylation sites (tertiary alicyclic amines) is 1. The number of rotatable bonds is 2. The molecule has 2 heterocycles. The first-order valence-electron chi connectivity index (χ1n) is 9.10. The van der Waals surface area contributed by atoms with Gasteiger partial charge in [0.25, 0.3) is 5.91 Å². The van der Waals surface area contributed by atoms with Crippen molar-refractivity contribution in [3.05, 3.63) is 66.0 Å². The molecule has 2 aliphatic heterocycles. The van der Waals surface area contributed by atoms with Gasteiger partial charge in [-0.25, -0.2) is 4.39 Å². The number of likely N-dealkylation sites (N-methyl/N-ethyl adjacent to an activating group) is 1. The fourth-order valence-electron chi connectivity index (χ4n) is 4.07. The maximum atomic E-state index is 13.6. The Morgan fingerprint density at radius 2 is 1.85 bits per heavy atom. The van der Waals surface area contributed by atoms with Gasteiger partial charge in [0.15, 0.2) is 0 Å². The third-order valence-electron chi connectivity index (χ3n) is 5.70. The molecule has 5 nitrogen and oxygen atoms in total. The Balaban J connectivity index is 1.57. The van der Waals surface area contributed by atoms with Crippen LogP contribution >= 0.6 is 0 Å². The molecule has 6 heteroatoms. The molecular formula is C21H22FN3O2. The third-order valence-corrected chi connectivity index (χ3v) is 5.70. The molecule has 2 fully saturated rings. The van der Waals surface area contributed by atoms with Gasteiger partial charge in [-0.3, -0.25) is 14.5 Å². The number of piperazine rings is 1. The van der Waals surface area contributed by atoms with Crippen LogP contribution in [-0.2, 0) is 4.79 Å². The molecular weight excluding hydrogens is 345 g/mol. The van der Waals surface area contributed by atoms with Gasteiger partial charge in [0, 0.05) is 30.9 Å². The second-order valence-electron chi connectivity index (χ2n) is 7.38. The summed E-state index contributed by atoms with van der Waals surface area (Å²) in [6, 6.07) is 15.4. The van der Waals surface area contributed by atoms with Crippen molar-refractivity contribution in [3.63, 3.8) is 0 Å². The Bertz CT molecular complexity index is 873. The highest BCUT2D eigenvalue weighted by Crippen LogP contribution is 2.34. The van der Waals surface area contributed by atoms with Crippen molar-refractivity contribution in [2.75, 3.05) is 38.1 Å². The molecule has 27 heavy (non-hydrogen) atoms. The zero-order valence-corrected chi connectivity index (χ0v) is 15.3. The summed E-state index contributed by atoms with van der Waals surface area (Å²) in [7, 11) is 1.93. The predicted octanol–water partition coefficient (Wildman–Crippen LogP) is 2.39. The third kappa shape index (κ3) is 3.21. The molecule has 0 aromatic heterocycles. The SMILES string of the molecule is CN1CC(=O)N(c2cccc(F)c2)C[C@@]12CCN(C(=O)c1ccccc1)C2. The van der Waals surface area contributed by atoms with Crippen molar-refractivity contribution in [1.29, 1.82) is 0 Å². The van der Waals surface area contributed by atoms with E-state index in [-0.39, 0.29) is 29.7 Å². The van der Waals surface area contributed by atoms with Gasteiger partial charge in [-0.2, -0.15) is 0 Å². The first kappa shape index (κ1) is 17.7. The number of amides is 2. The zero-order valence-electron chi connectivity index (χ0n) is 15.3. The van der Waals surface area contributed by atoms with E-state index in [4.69, 9.17) is 0 Å². The van der Waals surface area contributed by atoms with Crippen molar-refractivity contribution in [1.82, 2.24) is 9.80 Å². The van der Waals surface area contributed by atoms with E-state index in [1.54, 1.807) is 17.0 Å². The minimum Gasteiger partial charge on any atom is -0.337 e. The summed E-state index contributed by atoms with van der Waals surface area (Å²) >= 11 is 0. The molecule has 0 radical (unpaired) electrons. The van der Waals surface area contributed by atoms with Crippen LogP contribution in [0.25, 0.3) is 0 Å². The largest absolute Gasteiger partial charge is 0.337 e. The number of hydrogen-bond acceptors (Lipinski definition) is 3. The lowest BCUT2D eigenvalue weighted by Gasteiger charge is -2.46. The summed E-state index contributed by atoms with van der Waals surface area (Å²) < 4.78 is 13.6. The van der Waals surface area contributed by atoms with E-state index < -0.39 is 0 Å². The van der Waals surface area contributed by atoms with Gasteiger partial charge in [0.1, 0.15) is 5.82 Å². The zero-order chi connectivity index (χ0) is 19.0. The summed E-state index contributed by atoms with van der Waals surface area (Å²) in [5.74, 6) is -0.405. The predicted molar refractivity (Wildman–Crippen MR) is 101 cm³/mol. The Labute approximate surface area is 158 Å². The lowest BCUT2D eigenvalue weighted by Crippen LogP contribution is -2.64. The second kappa shape index (κ2) is 6.78. The van der Waals surface area contributed by atoms with Crippen molar-refractivity contribution in [2.45, 2.75) is 12.0 Å². The Hall–Kier alpha value is -2.73. The summed E-state index contributed by atoms with van der Waals surface area (Å²) in [4.78, 5) is 30.9. The van der Waals surface area contributed by atoms with Gasteiger partial charge >= 0.3 is 0 Å². The van der Waals surface area contributed by atoms with E-state index in [0.29, 0.717) is 30.9 Å². The minimum atomic E-state index is -0.361. The molecule has 2 saturated heterocycles. The molecule has 0 saturated carbocycles. The molecule has 0 unspecified atom stereocenters. The average Bonchev–Trinajstić information content (AvgIpc) is 3.10. The topological polar surface area (TPSA) is 43.9 Å². The highest BCUT2D eigenvalue weighted by Gasteiger charge is 2.48. The van der Waals surface area contributed by atoms with E-state index in [1.165, 1.54) is 12.1 Å². The Morgan fingerprint density at radius 3 is 2.59 bits per heavy atom. The maximum Gasteiger partial charge on any atom is 0.253 e. The summed E-state index contributed by atoms with van der Waals surface area (Å²) in [6.45, 7) is 1.90. The molecule has 0 N–H and O–H groups in total.